The van der Waals surface area contributed by atoms with Crippen LogP contribution in [0.15, 0.2) is 94.6 Å². The Labute approximate surface area is 357 Å². The molecule has 0 unspecified atom stereocenters. The van der Waals surface area contributed by atoms with Crippen molar-refractivity contribution in [1.29, 1.82) is 0 Å². The summed E-state index contributed by atoms with van der Waals surface area (Å²) in [7, 11) is -33.7. The zero-order valence-electron chi connectivity index (χ0n) is 31.0. The number of anilines is 1. The van der Waals surface area contributed by atoms with Crippen LogP contribution in [0.1, 0.15) is 0 Å². The molecule has 0 aliphatic carbocycles. The van der Waals surface area contributed by atoms with Gasteiger partial charge in [0.2, 0.25) is 0 Å². The number of aromatic hydroxyl groups is 1. The molecule has 0 saturated carbocycles. The van der Waals surface area contributed by atoms with Crippen molar-refractivity contribution in [3.8, 4) is 11.5 Å². The Bertz CT molecular complexity index is 3340. The number of sulfone groups is 2. The summed E-state index contributed by atoms with van der Waals surface area (Å²) in [4.78, 5) is -3.92. The van der Waals surface area contributed by atoms with Crippen LogP contribution in [0, 0.1) is 0 Å². The third-order valence-electron chi connectivity index (χ3n) is 7.69. The fraction of sp³-hybridized carbons (Fsp3) is 0.214. The Balaban J connectivity index is 1.93. The third kappa shape index (κ3) is 13.8. The Morgan fingerprint density at radius 2 is 1.06 bits per heavy atom. The maximum absolute atomic E-state index is 12.8. The second kappa shape index (κ2) is 18.7. The lowest BCUT2D eigenvalue weighted by Crippen LogP contribution is -2.16. The van der Waals surface area contributed by atoms with Gasteiger partial charge in [0.15, 0.2) is 25.4 Å². The number of nitrogens with zero attached hydrogens (tertiary/aromatic N) is 4. The van der Waals surface area contributed by atoms with Gasteiger partial charge in [0.05, 0.1) is 47.3 Å². The van der Waals surface area contributed by atoms with Gasteiger partial charge < -0.3 is 15.2 Å². The molecular weight excluding hydrogens is 999 g/mol. The summed E-state index contributed by atoms with van der Waals surface area (Å²) >= 11 is 0. The summed E-state index contributed by atoms with van der Waals surface area (Å²) in [6, 6.07) is 7.14. The molecule has 28 nitrogen and oxygen atoms in total. The van der Waals surface area contributed by atoms with Gasteiger partial charge in [-0.15, -0.1) is 20.5 Å². The highest BCUT2D eigenvalue weighted by molar-refractivity contribution is 7.92. The predicted molar refractivity (Wildman–Crippen MR) is 212 cm³/mol. The molecule has 0 aliphatic rings. The van der Waals surface area contributed by atoms with Crippen LogP contribution in [0.4, 0.5) is 28.4 Å². The fourth-order valence-corrected chi connectivity index (χ4v) is 9.70. The van der Waals surface area contributed by atoms with E-state index in [4.69, 9.17) is 13.8 Å². The summed E-state index contributed by atoms with van der Waals surface area (Å²) in [5.41, 5.74) is -3.50. The van der Waals surface area contributed by atoms with Gasteiger partial charge in [-0.3, -0.25) is 22.8 Å². The number of fused-ring (bicyclic) bond motifs is 1. The molecule has 4 aromatic rings. The van der Waals surface area contributed by atoms with Crippen molar-refractivity contribution in [3.05, 3.63) is 54.6 Å². The molecule has 35 heteroatoms. The first-order chi connectivity index (χ1) is 28.7. The minimum atomic E-state index is -5.49. The van der Waals surface area contributed by atoms with E-state index in [1.165, 1.54) is 0 Å². The van der Waals surface area contributed by atoms with E-state index in [1.54, 1.807) is 0 Å². The number of methoxy groups -OCH3 is 1. The van der Waals surface area contributed by atoms with Crippen molar-refractivity contribution in [3.63, 3.8) is 0 Å². The van der Waals surface area contributed by atoms with Crippen molar-refractivity contribution in [2.24, 2.45) is 20.5 Å². The van der Waals surface area contributed by atoms with Crippen LogP contribution in [0.2, 0.25) is 0 Å². The van der Waals surface area contributed by atoms with E-state index in [0.717, 1.165) is 37.4 Å². The Hall–Kier alpha value is -4.89. The van der Waals surface area contributed by atoms with Gasteiger partial charge in [-0.05, 0) is 54.6 Å². The topological polar surface area (TPSA) is 450 Å². The highest BCUT2D eigenvalue weighted by Crippen LogP contribution is 2.47. The van der Waals surface area contributed by atoms with Gasteiger partial charge >= 0.3 is 20.8 Å². The molecule has 0 fully saturated rings. The molecule has 7 N–H and O–H groups in total. The fourth-order valence-electron chi connectivity index (χ4n) is 4.98. The molecular formula is C28H29N5O23S7. The molecule has 0 heterocycles. The Morgan fingerprint density at radius 3 is 1.57 bits per heavy atom. The van der Waals surface area contributed by atoms with E-state index in [2.05, 4.69) is 34.1 Å². The highest BCUT2D eigenvalue weighted by atomic mass is 32.3. The summed E-state index contributed by atoms with van der Waals surface area (Å²) in [5.74, 6) is -4.73. The van der Waals surface area contributed by atoms with Crippen LogP contribution in [0.25, 0.3) is 10.8 Å². The number of phenols is 1. The van der Waals surface area contributed by atoms with Crippen LogP contribution < -0.4 is 10.1 Å². The zero-order valence-corrected chi connectivity index (χ0v) is 36.7. The average Bonchev–Trinajstić information content (AvgIpc) is 3.13. The van der Waals surface area contributed by atoms with E-state index < -0.39 is 166 Å². The van der Waals surface area contributed by atoms with Crippen LogP contribution >= 0.6 is 0 Å². The molecule has 0 radical (unpaired) electrons. The molecule has 4 aromatic carbocycles. The zero-order chi connectivity index (χ0) is 47.6. The maximum atomic E-state index is 12.8. The Kier molecular flexibility index (Phi) is 15.0. The lowest BCUT2D eigenvalue weighted by molar-refractivity contribution is 0.282. The molecule has 0 aliphatic heterocycles. The van der Waals surface area contributed by atoms with Gasteiger partial charge in [0.1, 0.15) is 44.2 Å². The largest absolute Gasteiger partial charge is 0.505 e. The Morgan fingerprint density at radius 1 is 0.556 bits per heavy atom. The number of ether oxygens (including phenoxy) is 1. The van der Waals surface area contributed by atoms with Crippen LogP contribution in [-0.4, -0.2) is 125 Å². The summed E-state index contributed by atoms with van der Waals surface area (Å²) < 4.78 is 228. The molecule has 0 spiro atoms. The molecule has 0 atom stereocenters. The third-order valence-corrected chi connectivity index (χ3v) is 14.2. The number of benzene rings is 4. The molecule has 346 valence electrons. The average molecular weight is 1030 g/mol. The summed E-state index contributed by atoms with van der Waals surface area (Å²) in [6.45, 7) is -2.14. The minimum absolute atomic E-state index is 0.209. The van der Waals surface area contributed by atoms with Gasteiger partial charge in [0.25, 0.3) is 30.4 Å². The summed E-state index contributed by atoms with van der Waals surface area (Å²) in [6.07, 6.45) is 0. The number of rotatable bonds is 20. The summed E-state index contributed by atoms with van der Waals surface area (Å²) in [5, 5.41) is 27.5. The monoisotopic (exact) mass is 1030 g/mol. The lowest BCUT2D eigenvalue weighted by atomic mass is 10.1. The van der Waals surface area contributed by atoms with Crippen molar-refractivity contribution >= 4 is 110 Å². The van der Waals surface area contributed by atoms with E-state index in [-0.39, 0.29) is 5.75 Å². The van der Waals surface area contributed by atoms with E-state index in [9.17, 15) is 77.7 Å². The molecule has 0 amide bonds. The second-order valence-electron chi connectivity index (χ2n) is 12.0. The first-order valence-corrected chi connectivity index (χ1v) is 26.6. The van der Waals surface area contributed by atoms with Crippen molar-refractivity contribution < 1.29 is 99.9 Å². The number of hydrogen-bond donors (Lipinski definition) is 7. The number of phenolic OH excluding ortho intramolecular Hbond substituents is 1. The first-order valence-electron chi connectivity index (χ1n) is 16.0. The van der Waals surface area contributed by atoms with E-state index in [1.807, 2.05) is 0 Å². The molecule has 0 bridgehead atoms. The molecule has 4 rings (SSSR count). The molecule has 0 aromatic heterocycles. The molecule has 63 heavy (non-hydrogen) atoms. The number of nitrogens with one attached hydrogen (secondary N) is 1. The van der Waals surface area contributed by atoms with Gasteiger partial charge in [-0.25, -0.2) is 25.2 Å². The van der Waals surface area contributed by atoms with Crippen LogP contribution in [0.5, 0.6) is 11.5 Å². The van der Waals surface area contributed by atoms with Gasteiger partial charge in [-0.2, -0.15) is 42.1 Å². The first kappa shape index (κ1) is 50.8. The van der Waals surface area contributed by atoms with Gasteiger partial charge in [-0.1, -0.05) is 0 Å². The highest BCUT2D eigenvalue weighted by Gasteiger charge is 2.27. The van der Waals surface area contributed by atoms with E-state index >= 15 is 0 Å². The normalized spacial score (nSPS) is 13.6. The maximum Gasteiger partial charge on any atom is 0.397 e. The van der Waals surface area contributed by atoms with Crippen LogP contribution in [0.3, 0.4) is 0 Å². The standard InChI is InChI=1S/C28H29N5O23S7/c1-54-23-7-3-16(57(35,36)10-8-55-62(48,49)50)12-22(23)31-33-27-25(61(45,46)47)14-19-18(28(27)34)4-6-21(29-15-59(39,40)41)26(19)32-30-20-5-2-17(13-24(20)60(42,43)44)58(37,38)11-9-56-63(51,52)53/h2-7,12-14,29,34H,8-11,15H2,1H3,(H,39,40,41)(H,42,43,44)(H,45,46,47)(H,48,49,50)(H,51,52,53). The smallest absolute Gasteiger partial charge is 0.397 e. The predicted octanol–water partition coefficient (Wildman–Crippen LogP) is 2.32. The van der Waals surface area contributed by atoms with Crippen molar-refractivity contribution in [2.75, 3.05) is 43.0 Å². The van der Waals surface area contributed by atoms with Crippen molar-refractivity contribution in [1.82, 2.24) is 0 Å². The van der Waals surface area contributed by atoms with E-state index in [0.29, 0.717) is 24.3 Å². The minimum Gasteiger partial charge on any atom is -0.505 e. The van der Waals surface area contributed by atoms with Crippen molar-refractivity contribution in [2.45, 2.75) is 19.6 Å². The number of azo groups is 2. The SMILES string of the molecule is COc1ccc(S(=O)(=O)CCOS(=O)(=O)O)cc1N=Nc1c(S(=O)(=O)O)cc2c(N=Nc3ccc(S(=O)(=O)CCOS(=O)(=O)O)cc3S(=O)(=O)O)c(NCS(=O)(=O)O)ccc2c1O. The van der Waals surface area contributed by atoms with Gasteiger partial charge in [0, 0.05) is 10.8 Å². The molecule has 0 saturated heterocycles. The lowest BCUT2D eigenvalue weighted by Gasteiger charge is -2.14. The quantitative estimate of drug-likeness (QED) is 0.0493. The van der Waals surface area contributed by atoms with Crippen LogP contribution in [-0.2, 0) is 79.2 Å². The number of hydrogen-bond acceptors (Lipinski definition) is 23. The second-order valence-corrected chi connectivity index (χ2v) is 22.6.